The maximum atomic E-state index is 10.4. The van der Waals surface area contributed by atoms with E-state index < -0.39 is 4.92 Å². The molecule has 0 aliphatic rings. The zero-order valence-electron chi connectivity index (χ0n) is 7.18. The lowest BCUT2D eigenvalue weighted by molar-refractivity contribution is -0.384. The van der Waals surface area contributed by atoms with E-state index in [4.69, 9.17) is 11.6 Å². The molecular weight excluding hydrogens is 206 g/mol. The van der Waals surface area contributed by atoms with E-state index >= 15 is 0 Å². The molecule has 74 valence electrons. The summed E-state index contributed by atoms with van der Waals surface area (Å²) in [6, 6.07) is 6.07. The molecule has 1 aromatic rings. The quantitative estimate of drug-likeness (QED) is 0.361. The third-order valence-corrected chi connectivity index (χ3v) is 1.55. The molecule has 0 saturated carbocycles. The molecule has 0 spiro atoms. The van der Waals surface area contributed by atoms with Gasteiger partial charge in [0.2, 0.25) is 0 Å². The average Bonchev–Trinajstić information content (AvgIpc) is 2.19. The Morgan fingerprint density at radius 3 is 3.07 bits per heavy atom. The second kappa shape index (κ2) is 5.18. The van der Waals surface area contributed by atoms with E-state index in [1.54, 1.807) is 12.1 Å². The highest BCUT2D eigenvalue weighted by Crippen LogP contribution is 2.16. The predicted molar refractivity (Wildman–Crippen MR) is 55.9 cm³/mol. The van der Waals surface area contributed by atoms with Crippen LogP contribution in [-0.4, -0.2) is 17.0 Å². The van der Waals surface area contributed by atoms with Gasteiger partial charge in [-0.15, -0.1) is 11.6 Å². The Morgan fingerprint density at radius 2 is 2.43 bits per heavy atom. The maximum Gasteiger partial charge on any atom is 0.271 e. The topological polar surface area (TPSA) is 67.5 Å². The molecule has 0 aliphatic carbocycles. The summed E-state index contributed by atoms with van der Waals surface area (Å²) >= 11 is 5.35. The number of hydrogen-bond donors (Lipinski definition) is 1. The second-order valence-electron chi connectivity index (χ2n) is 2.39. The standard InChI is InChI=1S/C8H8ClN3O2/c9-4-5-10-11-7-2-1-3-8(6-7)12(13)14/h1-3,5-6,11H,4H2. The molecule has 0 saturated heterocycles. The molecule has 0 bridgehead atoms. The van der Waals surface area contributed by atoms with Gasteiger partial charge in [-0.2, -0.15) is 5.10 Å². The van der Waals surface area contributed by atoms with E-state index in [0.29, 0.717) is 11.6 Å². The number of alkyl halides is 1. The smallest absolute Gasteiger partial charge is 0.271 e. The van der Waals surface area contributed by atoms with Crippen LogP contribution in [0, 0.1) is 10.1 Å². The number of nitro benzene ring substituents is 1. The Morgan fingerprint density at radius 1 is 1.64 bits per heavy atom. The predicted octanol–water partition coefficient (Wildman–Crippen LogP) is 2.23. The molecule has 1 N–H and O–H groups in total. The minimum atomic E-state index is -0.462. The summed E-state index contributed by atoms with van der Waals surface area (Å²) in [6.07, 6.45) is 1.46. The zero-order chi connectivity index (χ0) is 10.4. The van der Waals surface area contributed by atoms with Crippen LogP contribution in [0.2, 0.25) is 0 Å². The summed E-state index contributed by atoms with van der Waals surface area (Å²) in [5.41, 5.74) is 3.20. The lowest BCUT2D eigenvalue weighted by Gasteiger charge is -1.98. The summed E-state index contributed by atoms with van der Waals surface area (Å²) < 4.78 is 0. The number of hydrazone groups is 1. The van der Waals surface area contributed by atoms with Gasteiger partial charge in [0, 0.05) is 18.3 Å². The van der Waals surface area contributed by atoms with Crippen molar-refractivity contribution < 1.29 is 4.92 Å². The van der Waals surface area contributed by atoms with Crippen molar-refractivity contribution in [3.05, 3.63) is 34.4 Å². The van der Waals surface area contributed by atoms with E-state index in [-0.39, 0.29) is 5.69 Å². The van der Waals surface area contributed by atoms with Gasteiger partial charge in [0.15, 0.2) is 0 Å². The number of anilines is 1. The van der Waals surface area contributed by atoms with Crippen molar-refractivity contribution in [3.8, 4) is 0 Å². The molecule has 0 aromatic heterocycles. The summed E-state index contributed by atoms with van der Waals surface area (Å²) in [5.74, 6) is 0.294. The van der Waals surface area contributed by atoms with Crippen molar-refractivity contribution in [1.29, 1.82) is 0 Å². The molecule has 0 radical (unpaired) electrons. The minimum Gasteiger partial charge on any atom is -0.279 e. The zero-order valence-corrected chi connectivity index (χ0v) is 7.94. The lowest BCUT2D eigenvalue weighted by Crippen LogP contribution is -1.92. The van der Waals surface area contributed by atoms with Crippen molar-refractivity contribution in [2.75, 3.05) is 11.3 Å². The normalized spacial score (nSPS) is 10.4. The Hall–Kier alpha value is -1.62. The maximum absolute atomic E-state index is 10.4. The number of nitrogens with one attached hydrogen (secondary N) is 1. The first-order chi connectivity index (χ1) is 6.74. The molecule has 6 heteroatoms. The Kier molecular flexibility index (Phi) is 3.87. The van der Waals surface area contributed by atoms with Gasteiger partial charge >= 0.3 is 0 Å². The highest BCUT2D eigenvalue weighted by atomic mass is 35.5. The van der Waals surface area contributed by atoms with E-state index in [0.717, 1.165) is 0 Å². The molecule has 5 nitrogen and oxygen atoms in total. The van der Waals surface area contributed by atoms with Gasteiger partial charge in [0.1, 0.15) is 0 Å². The first-order valence-electron chi connectivity index (χ1n) is 3.82. The van der Waals surface area contributed by atoms with Crippen LogP contribution in [0.1, 0.15) is 0 Å². The van der Waals surface area contributed by atoms with Crippen LogP contribution in [0.15, 0.2) is 29.4 Å². The summed E-state index contributed by atoms with van der Waals surface area (Å²) in [5, 5.41) is 14.1. The molecular formula is C8H8ClN3O2. The lowest BCUT2D eigenvalue weighted by atomic mass is 10.3. The van der Waals surface area contributed by atoms with E-state index in [2.05, 4.69) is 10.5 Å². The van der Waals surface area contributed by atoms with Crippen LogP contribution < -0.4 is 5.43 Å². The molecule has 0 atom stereocenters. The SMILES string of the molecule is O=[N+]([O-])c1cccc(NN=CCCl)c1. The van der Waals surface area contributed by atoms with Gasteiger partial charge < -0.3 is 0 Å². The molecule has 0 fully saturated rings. The van der Waals surface area contributed by atoms with Gasteiger partial charge in [0.25, 0.3) is 5.69 Å². The summed E-state index contributed by atoms with van der Waals surface area (Å²) in [4.78, 5) is 9.94. The molecule has 1 rings (SSSR count). The van der Waals surface area contributed by atoms with Gasteiger partial charge in [0.05, 0.1) is 16.5 Å². The molecule has 0 aliphatic heterocycles. The van der Waals surface area contributed by atoms with Crippen LogP contribution in [0.4, 0.5) is 11.4 Å². The van der Waals surface area contributed by atoms with Crippen LogP contribution in [-0.2, 0) is 0 Å². The second-order valence-corrected chi connectivity index (χ2v) is 2.69. The fourth-order valence-electron chi connectivity index (χ4n) is 0.844. The van der Waals surface area contributed by atoms with Crippen molar-refractivity contribution in [3.63, 3.8) is 0 Å². The first-order valence-corrected chi connectivity index (χ1v) is 4.35. The monoisotopic (exact) mass is 213 g/mol. The fourth-order valence-corrected chi connectivity index (χ4v) is 0.913. The number of nitro groups is 1. The molecule has 14 heavy (non-hydrogen) atoms. The van der Waals surface area contributed by atoms with Crippen LogP contribution in [0.5, 0.6) is 0 Å². The highest BCUT2D eigenvalue weighted by molar-refractivity contribution is 6.24. The van der Waals surface area contributed by atoms with E-state index in [1.807, 2.05) is 0 Å². The van der Waals surface area contributed by atoms with Crippen molar-refractivity contribution in [2.45, 2.75) is 0 Å². The van der Waals surface area contributed by atoms with Gasteiger partial charge in [-0.25, -0.2) is 0 Å². The number of non-ortho nitro benzene ring substituents is 1. The number of nitrogens with zero attached hydrogens (tertiary/aromatic N) is 2. The van der Waals surface area contributed by atoms with E-state index in [9.17, 15) is 10.1 Å². The van der Waals surface area contributed by atoms with Crippen LogP contribution >= 0.6 is 11.6 Å². The highest BCUT2D eigenvalue weighted by Gasteiger charge is 2.04. The fraction of sp³-hybridized carbons (Fsp3) is 0.125. The first kappa shape index (κ1) is 10.5. The van der Waals surface area contributed by atoms with Gasteiger partial charge in [-0.05, 0) is 6.07 Å². The van der Waals surface area contributed by atoms with Crippen molar-refractivity contribution >= 4 is 29.2 Å². The van der Waals surface area contributed by atoms with Crippen molar-refractivity contribution in [1.82, 2.24) is 0 Å². The molecule has 0 unspecified atom stereocenters. The Bertz CT molecular complexity index is 354. The largest absolute Gasteiger partial charge is 0.279 e. The summed E-state index contributed by atoms with van der Waals surface area (Å²) in [6.45, 7) is 0. The third kappa shape index (κ3) is 3.02. The minimum absolute atomic E-state index is 0.0241. The van der Waals surface area contributed by atoms with Gasteiger partial charge in [-0.3, -0.25) is 15.5 Å². The number of benzene rings is 1. The number of rotatable bonds is 4. The Balaban J connectivity index is 2.73. The average molecular weight is 214 g/mol. The van der Waals surface area contributed by atoms with Crippen LogP contribution in [0.3, 0.4) is 0 Å². The molecule has 1 aromatic carbocycles. The van der Waals surface area contributed by atoms with Crippen molar-refractivity contribution in [2.24, 2.45) is 5.10 Å². The molecule has 0 heterocycles. The van der Waals surface area contributed by atoms with Gasteiger partial charge in [-0.1, -0.05) is 6.07 Å². The molecule has 0 amide bonds. The Labute approximate surface area is 85.5 Å². The number of hydrogen-bond acceptors (Lipinski definition) is 4. The summed E-state index contributed by atoms with van der Waals surface area (Å²) in [7, 11) is 0. The van der Waals surface area contributed by atoms with E-state index in [1.165, 1.54) is 18.3 Å². The number of halogens is 1. The van der Waals surface area contributed by atoms with Crippen LogP contribution in [0.25, 0.3) is 0 Å². The third-order valence-electron chi connectivity index (χ3n) is 1.41.